The van der Waals surface area contributed by atoms with Crippen LogP contribution < -0.4 is 10.1 Å². The van der Waals surface area contributed by atoms with E-state index in [0.717, 1.165) is 6.07 Å². The van der Waals surface area contributed by atoms with Gasteiger partial charge in [0.05, 0.1) is 21.2 Å². The van der Waals surface area contributed by atoms with Gasteiger partial charge in [-0.05, 0) is 24.3 Å². The van der Waals surface area contributed by atoms with Crippen LogP contribution in [-0.2, 0) is 4.79 Å². The second kappa shape index (κ2) is 7.96. The van der Waals surface area contributed by atoms with Crippen molar-refractivity contribution in [1.29, 1.82) is 0 Å². The van der Waals surface area contributed by atoms with E-state index >= 15 is 0 Å². The number of hydrogen-bond donors (Lipinski definition) is 1. The summed E-state index contributed by atoms with van der Waals surface area (Å²) in [6, 6.07) is 7.86. The second-order valence-electron chi connectivity index (χ2n) is 4.84. The summed E-state index contributed by atoms with van der Waals surface area (Å²) in [5.41, 5.74) is -0.00273. The number of amides is 1. The molecule has 0 bridgehead atoms. The van der Waals surface area contributed by atoms with Gasteiger partial charge in [0.25, 0.3) is 11.6 Å². The van der Waals surface area contributed by atoms with Crippen molar-refractivity contribution < 1.29 is 19.2 Å². The molecule has 9 heteroatoms. The van der Waals surface area contributed by atoms with Crippen LogP contribution in [0.15, 0.2) is 36.4 Å². The lowest BCUT2D eigenvalue weighted by Gasteiger charge is -2.11. The van der Waals surface area contributed by atoms with Crippen LogP contribution in [0.1, 0.15) is 23.7 Å². The van der Waals surface area contributed by atoms with Crippen LogP contribution in [0, 0.1) is 10.1 Å². The molecule has 0 saturated heterocycles. The van der Waals surface area contributed by atoms with E-state index in [4.69, 9.17) is 27.9 Å². The molecule has 0 atom stereocenters. The van der Waals surface area contributed by atoms with Gasteiger partial charge in [0.15, 0.2) is 0 Å². The van der Waals surface area contributed by atoms with Gasteiger partial charge in [-0.25, -0.2) is 0 Å². The number of rotatable bonds is 5. The Hall–Kier alpha value is -2.64. The van der Waals surface area contributed by atoms with Crippen LogP contribution >= 0.6 is 23.2 Å². The molecule has 7 nitrogen and oxygen atoms in total. The maximum Gasteiger partial charge on any atom is 0.310 e. The van der Waals surface area contributed by atoms with Gasteiger partial charge in [0.2, 0.25) is 0 Å². The van der Waals surface area contributed by atoms with Gasteiger partial charge in [-0.1, -0.05) is 30.1 Å². The fraction of sp³-hybridized carbons (Fsp3) is 0.125. The molecular weight excluding hydrogens is 371 g/mol. The zero-order valence-corrected chi connectivity index (χ0v) is 14.4. The molecule has 0 aromatic heterocycles. The van der Waals surface area contributed by atoms with Gasteiger partial charge in [0.1, 0.15) is 5.75 Å². The number of halogens is 2. The summed E-state index contributed by atoms with van der Waals surface area (Å²) in [6.45, 7) is 1.62. The predicted octanol–water partition coefficient (Wildman–Crippen LogP) is 4.47. The zero-order chi connectivity index (χ0) is 18.6. The van der Waals surface area contributed by atoms with Crippen LogP contribution in [0.3, 0.4) is 0 Å². The molecule has 1 N–H and O–H groups in total. The van der Waals surface area contributed by atoms with Crippen molar-refractivity contribution in [2.24, 2.45) is 0 Å². The minimum Gasteiger partial charge on any atom is -0.426 e. The van der Waals surface area contributed by atoms with E-state index in [-0.39, 0.29) is 39.2 Å². The third-order valence-corrected chi connectivity index (χ3v) is 3.66. The van der Waals surface area contributed by atoms with Crippen molar-refractivity contribution in [2.75, 3.05) is 5.32 Å². The first-order valence-electron chi connectivity index (χ1n) is 7.07. The number of nitro groups is 1. The maximum atomic E-state index is 12.5. The lowest BCUT2D eigenvalue weighted by atomic mass is 10.1. The van der Waals surface area contributed by atoms with Crippen LogP contribution in [0.5, 0.6) is 5.75 Å². The number of nitro benzene ring substituents is 1. The number of nitrogens with zero attached hydrogens (tertiary/aromatic N) is 1. The minimum atomic E-state index is -0.628. The molecule has 0 radical (unpaired) electrons. The number of esters is 1. The molecule has 2 rings (SSSR count). The largest absolute Gasteiger partial charge is 0.426 e. The summed E-state index contributed by atoms with van der Waals surface area (Å²) in [5, 5.41) is 13.5. The Balaban J connectivity index is 2.30. The average Bonchev–Trinajstić information content (AvgIpc) is 2.57. The van der Waals surface area contributed by atoms with E-state index in [1.54, 1.807) is 6.92 Å². The molecule has 0 fully saturated rings. The molecule has 0 spiro atoms. The van der Waals surface area contributed by atoms with Crippen LogP contribution in [-0.4, -0.2) is 16.8 Å². The van der Waals surface area contributed by atoms with E-state index in [0.29, 0.717) is 0 Å². The third-order valence-electron chi connectivity index (χ3n) is 3.11. The number of non-ortho nitro benzene ring substituents is 1. The molecule has 2 aromatic carbocycles. The molecule has 1 amide bonds. The van der Waals surface area contributed by atoms with Crippen molar-refractivity contribution in [1.82, 2.24) is 0 Å². The summed E-state index contributed by atoms with van der Waals surface area (Å²) < 4.78 is 5.11. The summed E-state index contributed by atoms with van der Waals surface area (Å²) in [4.78, 5) is 34.1. The van der Waals surface area contributed by atoms with Gasteiger partial charge >= 0.3 is 5.97 Å². The van der Waals surface area contributed by atoms with E-state index in [1.165, 1.54) is 30.3 Å². The Labute approximate surface area is 152 Å². The molecule has 0 aliphatic rings. The fourth-order valence-electron chi connectivity index (χ4n) is 1.87. The first-order valence-corrected chi connectivity index (χ1v) is 7.83. The molecule has 130 valence electrons. The molecule has 0 aliphatic heterocycles. The smallest absolute Gasteiger partial charge is 0.310 e. The quantitative estimate of drug-likeness (QED) is 0.356. The highest BCUT2D eigenvalue weighted by Crippen LogP contribution is 2.29. The monoisotopic (exact) mass is 382 g/mol. The maximum absolute atomic E-state index is 12.5. The van der Waals surface area contributed by atoms with Gasteiger partial charge < -0.3 is 10.1 Å². The molecule has 2 aromatic rings. The number of carbonyl (C=O) groups excluding carboxylic acids is 2. The Kier molecular flexibility index (Phi) is 5.95. The molecule has 0 saturated carbocycles. The highest BCUT2D eigenvalue weighted by atomic mass is 35.5. The SMILES string of the molecule is CCC(=O)Oc1ccc(Cl)cc1C(=O)Nc1ccc([N+](=O)[O-])cc1Cl. The van der Waals surface area contributed by atoms with Crippen molar-refractivity contribution in [3.05, 3.63) is 62.1 Å². The summed E-state index contributed by atoms with van der Waals surface area (Å²) in [5.74, 6) is -1.09. The van der Waals surface area contributed by atoms with E-state index in [1.807, 2.05) is 0 Å². The lowest BCUT2D eigenvalue weighted by molar-refractivity contribution is -0.384. The summed E-state index contributed by atoms with van der Waals surface area (Å²) >= 11 is 11.9. The van der Waals surface area contributed by atoms with Crippen molar-refractivity contribution in [3.63, 3.8) is 0 Å². The molecule has 0 aliphatic carbocycles. The fourth-order valence-corrected chi connectivity index (χ4v) is 2.27. The number of benzene rings is 2. The van der Waals surface area contributed by atoms with Gasteiger partial charge in [-0.3, -0.25) is 19.7 Å². The van der Waals surface area contributed by atoms with Gasteiger partial charge in [0, 0.05) is 23.6 Å². The molecule has 25 heavy (non-hydrogen) atoms. The number of hydrogen-bond acceptors (Lipinski definition) is 5. The summed E-state index contributed by atoms with van der Waals surface area (Å²) in [6.07, 6.45) is 0.137. The van der Waals surface area contributed by atoms with Crippen molar-refractivity contribution in [2.45, 2.75) is 13.3 Å². The Bertz CT molecular complexity index is 854. The molecular formula is C16H12Cl2N2O5. The molecule has 0 unspecified atom stereocenters. The highest BCUT2D eigenvalue weighted by Gasteiger charge is 2.18. The number of ether oxygens (including phenoxy) is 1. The van der Waals surface area contributed by atoms with E-state index in [9.17, 15) is 19.7 Å². The Morgan fingerprint density at radius 2 is 1.92 bits per heavy atom. The minimum absolute atomic E-state index is 0.00307. The summed E-state index contributed by atoms with van der Waals surface area (Å²) in [7, 11) is 0. The standard InChI is InChI=1S/C16H12Cl2N2O5/c1-2-15(21)25-14-6-3-9(17)7-11(14)16(22)19-13-5-4-10(20(23)24)8-12(13)18/h3-8H,2H2,1H3,(H,19,22). The topological polar surface area (TPSA) is 98.5 Å². The zero-order valence-electron chi connectivity index (χ0n) is 12.9. The highest BCUT2D eigenvalue weighted by molar-refractivity contribution is 6.34. The second-order valence-corrected chi connectivity index (χ2v) is 5.69. The van der Waals surface area contributed by atoms with Gasteiger partial charge in [-0.2, -0.15) is 0 Å². The van der Waals surface area contributed by atoms with Gasteiger partial charge in [-0.15, -0.1) is 0 Å². The number of nitrogens with one attached hydrogen (secondary N) is 1. The Morgan fingerprint density at radius 3 is 2.52 bits per heavy atom. The van der Waals surface area contributed by atoms with E-state index in [2.05, 4.69) is 5.32 Å². The first kappa shape index (κ1) is 18.7. The normalized spacial score (nSPS) is 10.2. The van der Waals surface area contributed by atoms with Crippen molar-refractivity contribution >= 4 is 46.5 Å². The van der Waals surface area contributed by atoms with Crippen LogP contribution in [0.25, 0.3) is 0 Å². The lowest BCUT2D eigenvalue weighted by Crippen LogP contribution is -2.16. The third kappa shape index (κ3) is 4.68. The average molecular weight is 383 g/mol. The first-order chi connectivity index (χ1) is 11.8. The number of carbonyl (C=O) groups is 2. The number of anilines is 1. The molecule has 0 heterocycles. The van der Waals surface area contributed by atoms with Crippen molar-refractivity contribution in [3.8, 4) is 5.75 Å². The van der Waals surface area contributed by atoms with Crippen LogP contribution in [0.2, 0.25) is 10.0 Å². The Morgan fingerprint density at radius 1 is 1.20 bits per heavy atom. The van der Waals surface area contributed by atoms with E-state index < -0.39 is 16.8 Å². The van der Waals surface area contributed by atoms with Crippen LogP contribution in [0.4, 0.5) is 11.4 Å². The predicted molar refractivity (Wildman–Crippen MR) is 93.4 cm³/mol.